The second kappa shape index (κ2) is 7.09. The van der Waals surface area contributed by atoms with Crippen molar-refractivity contribution in [1.82, 2.24) is 4.57 Å². The summed E-state index contributed by atoms with van der Waals surface area (Å²) in [5.74, 6) is -0.173. The molecule has 0 bridgehead atoms. The van der Waals surface area contributed by atoms with Gasteiger partial charge in [0.15, 0.2) is 5.58 Å². The lowest BCUT2D eigenvalue weighted by molar-refractivity contribution is 0.102. The Morgan fingerprint density at radius 1 is 1.32 bits per heavy atom. The molecular weight excluding hydrogens is 320 g/mol. The van der Waals surface area contributed by atoms with Gasteiger partial charge in [-0.1, -0.05) is 18.2 Å². The number of oxazole rings is 1. The molecule has 0 atom stereocenters. The molecule has 0 fully saturated rings. The molecule has 0 unspecified atom stereocenters. The van der Waals surface area contributed by atoms with Gasteiger partial charge in [-0.05, 0) is 37.3 Å². The van der Waals surface area contributed by atoms with E-state index in [0.717, 1.165) is 0 Å². The SMILES string of the molecule is C=CCn1c(=O)oc2ccc(C(=O)Nc3ccccc3OCC)cc21. The second-order valence-corrected chi connectivity index (χ2v) is 5.33. The number of carbonyl (C=O) groups is 1. The molecule has 128 valence electrons. The zero-order valence-electron chi connectivity index (χ0n) is 13.8. The minimum absolute atomic E-state index is 0.298. The van der Waals surface area contributed by atoms with Crippen LogP contribution in [0.15, 0.2) is 64.3 Å². The van der Waals surface area contributed by atoms with Gasteiger partial charge in [-0.2, -0.15) is 0 Å². The number of carbonyl (C=O) groups excluding carboxylic acids is 1. The monoisotopic (exact) mass is 338 g/mol. The average Bonchev–Trinajstić information content (AvgIpc) is 2.92. The van der Waals surface area contributed by atoms with Crippen molar-refractivity contribution in [1.29, 1.82) is 0 Å². The number of aromatic nitrogens is 1. The van der Waals surface area contributed by atoms with E-state index < -0.39 is 5.76 Å². The van der Waals surface area contributed by atoms with Crippen LogP contribution in [0.25, 0.3) is 11.1 Å². The first kappa shape index (κ1) is 16.6. The number of hydrogen-bond acceptors (Lipinski definition) is 4. The first-order valence-electron chi connectivity index (χ1n) is 7.91. The van der Waals surface area contributed by atoms with Crippen LogP contribution in [0.1, 0.15) is 17.3 Å². The van der Waals surface area contributed by atoms with Crippen LogP contribution in [0.3, 0.4) is 0 Å². The van der Waals surface area contributed by atoms with Gasteiger partial charge < -0.3 is 14.5 Å². The number of para-hydroxylation sites is 2. The summed E-state index contributed by atoms with van der Waals surface area (Å²) in [4.78, 5) is 24.4. The molecule has 6 heteroatoms. The predicted octanol–water partition coefficient (Wildman–Crippen LogP) is 3.43. The lowest BCUT2D eigenvalue weighted by atomic mass is 10.2. The largest absolute Gasteiger partial charge is 0.492 e. The summed E-state index contributed by atoms with van der Waals surface area (Å²) in [6.07, 6.45) is 1.60. The molecule has 0 aliphatic carbocycles. The maximum absolute atomic E-state index is 12.6. The Morgan fingerprint density at radius 3 is 2.88 bits per heavy atom. The molecular formula is C19H18N2O4. The molecule has 2 aromatic carbocycles. The third-order valence-electron chi connectivity index (χ3n) is 3.68. The molecule has 1 heterocycles. The summed E-state index contributed by atoms with van der Waals surface area (Å²) < 4.78 is 12.1. The Kier molecular flexibility index (Phi) is 4.70. The summed E-state index contributed by atoms with van der Waals surface area (Å²) in [5, 5.41) is 2.83. The van der Waals surface area contributed by atoms with Gasteiger partial charge in [-0.25, -0.2) is 4.79 Å². The highest BCUT2D eigenvalue weighted by Gasteiger charge is 2.14. The lowest BCUT2D eigenvalue weighted by Gasteiger charge is -2.11. The van der Waals surface area contributed by atoms with Crippen molar-refractivity contribution in [3.8, 4) is 5.75 Å². The minimum Gasteiger partial charge on any atom is -0.492 e. The summed E-state index contributed by atoms with van der Waals surface area (Å²) in [6, 6.07) is 12.1. The van der Waals surface area contributed by atoms with Crippen LogP contribution in [0.5, 0.6) is 5.75 Å². The first-order valence-corrected chi connectivity index (χ1v) is 7.91. The van der Waals surface area contributed by atoms with Gasteiger partial charge in [0.1, 0.15) is 5.75 Å². The van der Waals surface area contributed by atoms with E-state index in [1.807, 2.05) is 19.1 Å². The van der Waals surface area contributed by atoms with Gasteiger partial charge in [-0.3, -0.25) is 9.36 Å². The Balaban J connectivity index is 1.94. The van der Waals surface area contributed by atoms with Crippen LogP contribution in [-0.4, -0.2) is 17.1 Å². The molecule has 0 spiro atoms. The first-order chi connectivity index (χ1) is 12.1. The zero-order chi connectivity index (χ0) is 17.8. The van der Waals surface area contributed by atoms with Crippen LogP contribution < -0.4 is 15.8 Å². The van der Waals surface area contributed by atoms with Crippen molar-refractivity contribution in [3.63, 3.8) is 0 Å². The molecule has 1 aromatic heterocycles. The summed E-state index contributed by atoms with van der Waals surface area (Å²) in [7, 11) is 0. The van der Waals surface area contributed by atoms with E-state index in [1.54, 1.807) is 36.4 Å². The van der Waals surface area contributed by atoms with E-state index in [4.69, 9.17) is 9.15 Å². The van der Waals surface area contributed by atoms with Crippen molar-refractivity contribution in [2.45, 2.75) is 13.5 Å². The number of ether oxygens (including phenoxy) is 1. The Hall–Kier alpha value is -3.28. The minimum atomic E-state index is -0.478. The van der Waals surface area contributed by atoms with Gasteiger partial charge in [-0.15, -0.1) is 6.58 Å². The number of amides is 1. The van der Waals surface area contributed by atoms with Crippen LogP contribution in [0.4, 0.5) is 5.69 Å². The number of benzene rings is 2. The Morgan fingerprint density at radius 2 is 2.12 bits per heavy atom. The number of rotatable bonds is 6. The van der Waals surface area contributed by atoms with E-state index in [9.17, 15) is 9.59 Å². The van der Waals surface area contributed by atoms with Crippen LogP contribution in [0.2, 0.25) is 0 Å². The molecule has 6 nitrogen and oxygen atoms in total. The van der Waals surface area contributed by atoms with E-state index >= 15 is 0 Å². The summed E-state index contributed by atoms with van der Waals surface area (Å²) in [6.45, 7) is 6.32. The second-order valence-electron chi connectivity index (χ2n) is 5.33. The maximum atomic E-state index is 12.6. The van der Waals surface area contributed by atoms with Crippen molar-refractivity contribution in [3.05, 3.63) is 71.2 Å². The van der Waals surface area contributed by atoms with E-state index in [1.165, 1.54) is 4.57 Å². The zero-order valence-corrected chi connectivity index (χ0v) is 13.8. The van der Waals surface area contributed by atoms with E-state index in [-0.39, 0.29) is 5.91 Å². The fourth-order valence-electron chi connectivity index (χ4n) is 2.55. The third kappa shape index (κ3) is 3.33. The molecule has 3 aromatic rings. The number of anilines is 1. The van der Waals surface area contributed by atoms with Crippen LogP contribution in [-0.2, 0) is 6.54 Å². The highest BCUT2D eigenvalue weighted by Crippen LogP contribution is 2.25. The molecule has 0 saturated heterocycles. The highest BCUT2D eigenvalue weighted by atomic mass is 16.5. The smallest absolute Gasteiger partial charge is 0.420 e. The number of allylic oxidation sites excluding steroid dienone is 1. The molecule has 1 N–H and O–H groups in total. The van der Waals surface area contributed by atoms with Crippen molar-refractivity contribution < 1.29 is 13.9 Å². The van der Waals surface area contributed by atoms with Crippen molar-refractivity contribution in [2.24, 2.45) is 0 Å². The molecule has 0 radical (unpaired) electrons. The summed E-state index contributed by atoms with van der Waals surface area (Å²) >= 11 is 0. The number of nitrogens with one attached hydrogen (secondary N) is 1. The quantitative estimate of drug-likeness (QED) is 0.699. The fourth-order valence-corrected chi connectivity index (χ4v) is 2.55. The topological polar surface area (TPSA) is 73.5 Å². The molecule has 0 aliphatic heterocycles. The third-order valence-corrected chi connectivity index (χ3v) is 3.68. The molecule has 3 rings (SSSR count). The Bertz CT molecular complexity index is 984. The average molecular weight is 338 g/mol. The van der Waals surface area contributed by atoms with Gasteiger partial charge in [0.05, 0.1) is 17.8 Å². The standard InChI is InChI=1S/C19H18N2O4/c1-3-11-21-15-12-13(9-10-17(15)25-19(21)23)18(22)20-14-7-5-6-8-16(14)24-4-2/h3,5-10,12H,1,4,11H2,2H3,(H,20,22). The highest BCUT2D eigenvalue weighted by molar-refractivity contribution is 6.06. The van der Waals surface area contributed by atoms with E-state index in [0.29, 0.717) is 41.3 Å². The van der Waals surface area contributed by atoms with Crippen LogP contribution in [0, 0.1) is 0 Å². The molecule has 1 amide bonds. The maximum Gasteiger partial charge on any atom is 0.420 e. The van der Waals surface area contributed by atoms with Gasteiger partial charge in [0, 0.05) is 12.1 Å². The van der Waals surface area contributed by atoms with Gasteiger partial charge >= 0.3 is 5.76 Å². The van der Waals surface area contributed by atoms with Crippen molar-refractivity contribution >= 4 is 22.7 Å². The van der Waals surface area contributed by atoms with Crippen LogP contribution >= 0.6 is 0 Å². The normalized spacial score (nSPS) is 10.6. The van der Waals surface area contributed by atoms with Gasteiger partial charge in [0.25, 0.3) is 5.91 Å². The number of nitrogens with zero attached hydrogens (tertiary/aromatic N) is 1. The molecule has 25 heavy (non-hydrogen) atoms. The Labute approximate surface area is 144 Å². The fraction of sp³-hybridized carbons (Fsp3) is 0.158. The predicted molar refractivity (Wildman–Crippen MR) is 96.2 cm³/mol. The summed E-state index contributed by atoms with van der Waals surface area (Å²) in [5.41, 5.74) is 1.98. The molecule has 0 aliphatic rings. The van der Waals surface area contributed by atoms with Crippen molar-refractivity contribution in [2.75, 3.05) is 11.9 Å². The molecule has 0 saturated carbocycles. The number of fused-ring (bicyclic) bond motifs is 1. The number of hydrogen-bond donors (Lipinski definition) is 1. The lowest BCUT2D eigenvalue weighted by Crippen LogP contribution is -2.14. The van der Waals surface area contributed by atoms with E-state index in [2.05, 4.69) is 11.9 Å². The van der Waals surface area contributed by atoms with Gasteiger partial charge in [0.2, 0.25) is 0 Å².